The molecule has 6 nitrogen and oxygen atoms in total. The van der Waals surface area contributed by atoms with Gasteiger partial charge >= 0.3 is 11.7 Å². The molecule has 1 aromatic carbocycles. The Morgan fingerprint density at radius 3 is 3.04 bits per heavy atom. The number of hydrogen-bond acceptors (Lipinski definition) is 6. The SMILES string of the molecule is CCOC(=O)Nc1ccc2c(CN3CCC[C@H]3c3cccs3)cc(=O)oc2c1. The van der Waals surface area contributed by atoms with Gasteiger partial charge < -0.3 is 9.15 Å². The minimum atomic E-state index is -0.531. The van der Waals surface area contributed by atoms with E-state index in [4.69, 9.17) is 9.15 Å². The van der Waals surface area contributed by atoms with Gasteiger partial charge in [-0.1, -0.05) is 6.07 Å². The maximum atomic E-state index is 12.1. The van der Waals surface area contributed by atoms with Crippen molar-refractivity contribution in [3.05, 3.63) is 62.6 Å². The normalized spacial score (nSPS) is 17.1. The Bertz CT molecular complexity index is 1030. The van der Waals surface area contributed by atoms with Gasteiger partial charge in [-0.25, -0.2) is 9.59 Å². The first-order valence-electron chi connectivity index (χ1n) is 9.42. The van der Waals surface area contributed by atoms with Crippen LogP contribution in [-0.2, 0) is 11.3 Å². The molecular formula is C21H22N2O4S. The van der Waals surface area contributed by atoms with Crippen LogP contribution in [0.4, 0.5) is 10.5 Å². The molecule has 28 heavy (non-hydrogen) atoms. The fraction of sp³-hybridized carbons (Fsp3) is 0.333. The molecule has 0 bridgehead atoms. The Balaban J connectivity index is 1.62. The number of nitrogens with one attached hydrogen (secondary N) is 1. The fourth-order valence-corrected chi connectivity index (χ4v) is 4.66. The summed E-state index contributed by atoms with van der Waals surface area (Å²) >= 11 is 1.78. The number of anilines is 1. The number of carbonyl (C=O) groups is 1. The van der Waals surface area contributed by atoms with E-state index < -0.39 is 6.09 Å². The zero-order valence-corrected chi connectivity index (χ0v) is 16.5. The number of rotatable bonds is 5. The monoisotopic (exact) mass is 398 g/mol. The highest BCUT2D eigenvalue weighted by Crippen LogP contribution is 2.36. The van der Waals surface area contributed by atoms with Crippen molar-refractivity contribution in [3.8, 4) is 0 Å². The van der Waals surface area contributed by atoms with Gasteiger partial charge in [0.25, 0.3) is 0 Å². The molecule has 1 fully saturated rings. The average molecular weight is 398 g/mol. The van der Waals surface area contributed by atoms with Gasteiger partial charge in [0.15, 0.2) is 0 Å². The smallest absolute Gasteiger partial charge is 0.411 e. The molecule has 1 amide bonds. The summed E-state index contributed by atoms with van der Waals surface area (Å²) in [5.41, 5.74) is 1.55. The third-order valence-electron chi connectivity index (χ3n) is 4.96. The van der Waals surface area contributed by atoms with Crippen LogP contribution in [0.1, 0.15) is 36.2 Å². The molecule has 4 rings (SSSR count). The van der Waals surface area contributed by atoms with Gasteiger partial charge in [-0.3, -0.25) is 10.2 Å². The maximum Gasteiger partial charge on any atom is 0.411 e. The zero-order valence-electron chi connectivity index (χ0n) is 15.6. The van der Waals surface area contributed by atoms with Crippen molar-refractivity contribution in [2.45, 2.75) is 32.4 Å². The summed E-state index contributed by atoms with van der Waals surface area (Å²) < 4.78 is 10.3. The molecule has 0 spiro atoms. The number of likely N-dealkylation sites (tertiary alicyclic amines) is 1. The molecule has 2 aromatic heterocycles. The van der Waals surface area contributed by atoms with Gasteiger partial charge in [0, 0.05) is 40.7 Å². The van der Waals surface area contributed by atoms with E-state index in [0.29, 0.717) is 30.5 Å². The number of amides is 1. The van der Waals surface area contributed by atoms with Crippen LogP contribution < -0.4 is 10.9 Å². The number of hydrogen-bond donors (Lipinski definition) is 1. The van der Waals surface area contributed by atoms with Crippen LogP contribution in [0.15, 0.2) is 51.0 Å². The van der Waals surface area contributed by atoms with E-state index in [2.05, 4.69) is 27.7 Å². The third-order valence-corrected chi connectivity index (χ3v) is 5.93. The van der Waals surface area contributed by atoms with Gasteiger partial charge in [0.2, 0.25) is 0 Å². The molecule has 1 saturated heterocycles. The predicted molar refractivity (Wildman–Crippen MR) is 110 cm³/mol. The number of nitrogens with zero attached hydrogens (tertiary/aromatic N) is 1. The fourth-order valence-electron chi connectivity index (χ4n) is 3.76. The van der Waals surface area contributed by atoms with Crippen LogP contribution >= 0.6 is 11.3 Å². The topological polar surface area (TPSA) is 71.8 Å². The van der Waals surface area contributed by atoms with Crippen molar-refractivity contribution in [3.63, 3.8) is 0 Å². The Hall–Kier alpha value is -2.64. The van der Waals surface area contributed by atoms with E-state index >= 15 is 0 Å². The minimum absolute atomic E-state index is 0.292. The van der Waals surface area contributed by atoms with Crippen LogP contribution in [0.25, 0.3) is 11.0 Å². The van der Waals surface area contributed by atoms with Crippen molar-refractivity contribution in [1.82, 2.24) is 4.90 Å². The van der Waals surface area contributed by atoms with E-state index in [0.717, 1.165) is 30.3 Å². The summed E-state index contributed by atoms with van der Waals surface area (Å²) in [7, 11) is 0. The predicted octanol–water partition coefficient (Wildman–Crippen LogP) is 4.76. The largest absolute Gasteiger partial charge is 0.450 e. The molecule has 0 unspecified atom stereocenters. The highest BCUT2D eigenvalue weighted by atomic mass is 32.1. The lowest BCUT2D eigenvalue weighted by Crippen LogP contribution is -2.23. The van der Waals surface area contributed by atoms with Crippen LogP contribution in [0.2, 0.25) is 0 Å². The molecular weight excluding hydrogens is 376 g/mol. The molecule has 1 aliphatic rings. The third kappa shape index (κ3) is 3.95. The summed E-state index contributed by atoms with van der Waals surface area (Å²) in [4.78, 5) is 27.5. The van der Waals surface area contributed by atoms with Crippen LogP contribution in [-0.4, -0.2) is 24.1 Å². The van der Waals surface area contributed by atoms with E-state index in [1.54, 1.807) is 36.5 Å². The maximum absolute atomic E-state index is 12.1. The molecule has 1 N–H and O–H groups in total. The minimum Gasteiger partial charge on any atom is -0.450 e. The lowest BCUT2D eigenvalue weighted by atomic mass is 10.1. The second kappa shape index (κ2) is 8.16. The Kier molecular flexibility index (Phi) is 5.45. The van der Waals surface area contributed by atoms with Crippen molar-refractivity contribution in [1.29, 1.82) is 0 Å². The summed E-state index contributed by atoms with van der Waals surface area (Å²) in [6.45, 7) is 3.73. The molecule has 3 heterocycles. The van der Waals surface area contributed by atoms with Gasteiger partial charge in [0.05, 0.1) is 6.61 Å². The standard InChI is InChI=1S/C21H22N2O4S/c1-2-26-21(25)22-15-7-8-16-14(11-20(24)27-18(16)12-15)13-23-9-3-5-17(23)19-6-4-10-28-19/h4,6-8,10-12,17H,2-3,5,9,13H2,1H3,(H,22,25)/t17-/m0/s1. The molecule has 1 aliphatic heterocycles. The summed E-state index contributed by atoms with van der Waals surface area (Å²) in [6, 6.07) is 11.6. The van der Waals surface area contributed by atoms with Gasteiger partial charge in [-0.15, -0.1) is 11.3 Å². The number of thiophene rings is 1. The second-order valence-corrected chi connectivity index (χ2v) is 7.77. The van der Waals surface area contributed by atoms with Crippen LogP contribution in [0.3, 0.4) is 0 Å². The first-order chi connectivity index (χ1) is 13.6. The number of ether oxygens (including phenoxy) is 1. The lowest BCUT2D eigenvalue weighted by Gasteiger charge is -2.24. The van der Waals surface area contributed by atoms with Crippen LogP contribution in [0.5, 0.6) is 0 Å². The highest BCUT2D eigenvalue weighted by molar-refractivity contribution is 7.10. The number of fused-ring (bicyclic) bond motifs is 1. The molecule has 0 aliphatic carbocycles. The summed E-state index contributed by atoms with van der Waals surface area (Å²) in [5.74, 6) is 0. The number of carbonyl (C=O) groups excluding carboxylic acids is 1. The molecule has 0 saturated carbocycles. The molecule has 7 heteroatoms. The zero-order chi connectivity index (χ0) is 19.5. The summed E-state index contributed by atoms with van der Waals surface area (Å²) in [5, 5.41) is 5.63. The molecule has 1 atom stereocenters. The quantitative estimate of drug-likeness (QED) is 0.628. The van der Waals surface area contributed by atoms with Crippen molar-refractivity contribution < 1.29 is 13.9 Å². The first kappa shape index (κ1) is 18.7. The second-order valence-electron chi connectivity index (χ2n) is 6.79. The van der Waals surface area contributed by atoms with Crippen LogP contribution in [0, 0.1) is 0 Å². The Labute approximate surface area is 166 Å². The van der Waals surface area contributed by atoms with Crippen molar-refractivity contribution >= 4 is 34.1 Å². The van der Waals surface area contributed by atoms with Crippen molar-refractivity contribution in [2.75, 3.05) is 18.5 Å². The Morgan fingerprint density at radius 2 is 2.25 bits per heavy atom. The van der Waals surface area contributed by atoms with Gasteiger partial charge in [-0.05, 0) is 55.5 Å². The molecule has 146 valence electrons. The Morgan fingerprint density at radius 1 is 1.36 bits per heavy atom. The highest BCUT2D eigenvalue weighted by Gasteiger charge is 2.27. The summed E-state index contributed by atoms with van der Waals surface area (Å²) in [6.07, 6.45) is 1.75. The molecule has 3 aromatic rings. The lowest BCUT2D eigenvalue weighted by molar-refractivity contribution is 0.168. The van der Waals surface area contributed by atoms with E-state index in [-0.39, 0.29) is 5.63 Å². The van der Waals surface area contributed by atoms with E-state index in [9.17, 15) is 9.59 Å². The van der Waals surface area contributed by atoms with Gasteiger partial charge in [0.1, 0.15) is 5.58 Å². The van der Waals surface area contributed by atoms with Crippen molar-refractivity contribution in [2.24, 2.45) is 0 Å². The van der Waals surface area contributed by atoms with E-state index in [1.165, 1.54) is 4.88 Å². The van der Waals surface area contributed by atoms with E-state index in [1.807, 2.05) is 6.07 Å². The average Bonchev–Trinajstić information content (AvgIpc) is 3.32. The number of benzene rings is 1. The first-order valence-corrected chi connectivity index (χ1v) is 10.3. The van der Waals surface area contributed by atoms with Gasteiger partial charge in [-0.2, -0.15) is 0 Å². The molecule has 0 radical (unpaired) electrons.